The number of rotatable bonds is 8. The first kappa shape index (κ1) is 20.9. The normalized spacial score (nSPS) is 12.2. The van der Waals surface area contributed by atoms with E-state index in [1.807, 2.05) is 43.3 Å². The van der Waals surface area contributed by atoms with Crippen molar-refractivity contribution in [2.75, 3.05) is 0 Å². The third kappa shape index (κ3) is 6.36. The molecule has 0 aliphatic rings. The lowest BCUT2D eigenvalue weighted by Crippen LogP contribution is -2.19. The molecule has 0 aliphatic heterocycles. The van der Waals surface area contributed by atoms with Crippen molar-refractivity contribution in [2.24, 2.45) is 5.10 Å². The molecule has 1 unspecified atom stereocenters. The highest BCUT2D eigenvalue weighted by molar-refractivity contribution is 9.10. The zero-order valence-electron chi connectivity index (χ0n) is 16.3. The van der Waals surface area contributed by atoms with Gasteiger partial charge >= 0.3 is 0 Å². The van der Waals surface area contributed by atoms with Crippen LogP contribution in [0, 0.1) is 0 Å². The number of amides is 1. The molecule has 0 spiro atoms. The van der Waals surface area contributed by atoms with Crippen LogP contribution in [0.3, 0.4) is 0 Å². The highest BCUT2D eigenvalue weighted by atomic mass is 79.9. The molecule has 3 aromatic rings. The van der Waals surface area contributed by atoms with Gasteiger partial charge in [0.05, 0.1) is 0 Å². The summed E-state index contributed by atoms with van der Waals surface area (Å²) in [5.41, 5.74) is 4.60. The molecule has 0 heterocycles. The third-order valence-corrected chi connectivity index (χ3v) is 5.26. The van der Waals surface area contributed by atoms with Gasteiger partial charge in [0.1, 0.15) is 5.78 Å². The summed E-state index contributed by atoms with van der Waals surface area (Å²) in [5, 5.41) is 6.43. The molecule has 0 saturated carbocycles. The number of hydrogen-bond donors (Lipinski definition) is 1. The highest BCUT2D eigenvalue weighted by Gasteiger charge is 2.08. The van der Waals surface area contributed by atoms with Crippen LogP contribution in [0.1, 0.15) is 36.8 Å². The molecule has 3 rings (SSSR count). The molecule has 1 amide bonds. The second kappa shape index (κ2) is 10.1. The number of fused-ring (bicyclic) bond motifs is 1. The number of hydrazone groups is 1. The van der Waals surface area contributed by atoms with E-state index in [2.05, 4.69) is 56.8 Å². The second-order valence-electron chi connectivity index (χ2n) is 7.05. The molecular weight excluding hydrogens is 428 g/mol. The molecule has 0 fully saturated rings. The highest BCUT2D eigenvalue weighted by Crippen LogP contribution is 2.20. The fourth-order valence-electron chi connectivity index (χ4n) is 3.03. The Morgan fingerprint density at radius 3 is 2.48 bits per heavy atom. The number of nitrogens with one attached hydrogen (secondary N) is 1. The van der Waals surface area contributed by atoms with Crippen LogP contribution in [-0.2, 0) is 16.0 Å². The average molecular weight is 451 g/mol. The van der Waals surface area contributed by atoms with Crippen LogP contribution in [0.15, 0.2) is 76.3 Å². The Morgan fingerprint density at radius 2 is 1.72 bits per heavy atom. The van der Waals surface area contributed by atoms with E-state index in [9.17, 15) is 9.59 Å². The van der Waals surface area contributed by atoms with Crippen LogP contribution in [0.5, 0.6) is 0 Å². The molecule has 0 radical (unpaired) electrons. The molecule has 5 heteroatoms. The molecule has 1 atom stereocenters. The Balaban J connectivity index is 1.44. The number of benzene rings is 3. The van der Waals surface area contributed by atoms with E-state index in [1.165, 1.54) is 10.8 Å². The smallest absolute Gasteiger partial charge is 0.240 e. The van der Waals surface area contributed by atoms with Gasteiger partial charge in [0.15, 0.2) is 0 Å². The lowest BCUT2D eigenvalue weighted by atomic mass is 9.99. The Bertz CT molecular complexity index is 1030. The van der Waals surface area contributed by atoms with Gasteiger partial charge < -0.3 is 0 Å². The molecule has 0 aliphatic carbocycles. The topological polar surface area (TPSA) is 58.5 Å². The van der Waals surface area contributed by atoms with Gasteiger partial charge in [-0.25, -0.2) is 5.43 Å². The molecule has 0 saturated heterocycles. The fourth-order valence-corrected chi connectivity index (χ4v) is 3.29. The average Bonchev–Trinajstić information content (AvgIpc) is 2.73. The van der Waals surface area contributed by atoms with E-state index >= 15 is 0 Å². The SMILES string of the molecule is CC(/C=N/NC(=O)CCC(=O)Cc1ccc(Br)cc1)c1ccc2ccccc2c1. The van der Waals surface area contributed by atoms with Crippen molar-refractivity contribution in [1.29, 1.82) is 0 Å². The number of carbonyl (C=O) groups excluding carboxylic acids is 2. The lowest BCUT2D eigenvalue weighted by molar-refractivity contribution is -0.125. The van der Waals surface area contributed by atoms with Gasteiger partial charge in [0.25, 0.3) is 0 Å². The largest absolute Gasteiger partial charge is 0.299 e. The summed E-state index contributed by atoms with van der Waals surface area (Å²) in [6, 6.07) is 22.1. The molecule has 148 valence electrons. The van der Waals surface area contributed by atoms with Crippen molar-refractivity contribution in [1.82, 2.24) is 5.43 Å². The lowest BCUT2D eigenvalue weighted by Gasteiger charge is -2.08. The fraction of sp³-hybridized carbons (Fsp3) is 0.208. The number of ketones is 1. The Kier molecular flexibility index (Phi) is 7.30. The Labute approximate surface area is 179 Å². The molecular formula is C24H23BrN2O2. The minimum absolute atomic E-state index is 0.0379. The van der Waals surface area contributed by atoms with Gasteiger partial charge in [-0.2, -0.15) is 5.10 Å². The second-order valence-corrected chi connectivity index (χ2v) is 7.97. The maximum Gasteiger partial charge on any atom is 0.240 e. The molecule has 1 N–H and O–H groups in total. The predicted molar refractivity (Wildman–Crippen MR) is 121 cm³/mol. The summed E-state index contributed by atoms with van der Waals surface area (Å²) in [6.45, 7) is 2.03. The van der Waals surface area contributed by atoms with Crippen LogP contribution in [0.25, 0.3) is 10.8 Å². The molecule has 0 aromatic heterocycles. The van der Waals surface area contributed by atoms with Gasteiger partial charge in [-0.3, -0.25) is 9.59 Å². The number of nitrogens with zero attached hydrogens (tertiary/aromatic N) is 1. The van der Waals surface area contributed by atoms with Gasteiger partial charge in [-0.05, 0) is 34.0 Å². The van der Waals surface area contributed by atoms with E-state index in [4.69, 9.17) is 0 Å². The van der Waals surface area contributed by atoms with Crippen LogP contribution in [0.2, 0.25) is 0 Å². The van der Waals surface area contributed by atoms with E-state index in [0.717, 1.165) is 15.6 Å². The Hall–Kier alpha value is -2.79. The molecule has 3 aromatic carbocycles. The van der Waals surface area contributed by atoms with Crippen LogP contribution >= 0.6 is 15.9 Å². The predicted octanol–water partition coefficient (Wildman–Crippen LogP) is 5.40. The standard InChI is InChI=1S/C24H23BrN2O2/c1-17(20-9-8-19-4-2-3-5-21(19)15-20)16-26-27-24(29)13-12-23(28)14-18-6-10-22(25)11-7-18/h2-11,15-17H,12-14H2,1H3,(H,27,29)/b26-16+. The van der Waals surface area contributed by atoms with E-state index in [-0.39, 0.29) is 30.4 Å². The number of halogens is 1. The number of carbonyl (C=O) groups is 2. The van der Waals surface area contributed by atoms with Crippen LogP contribution in [-0.4, -0.2) is 17.9 Å². The third-order valence-electron chi connectivity index (χ3n) is 4.73. The summed E-state index contributed by atoms with van der Waals surface area (Å²) in [5.74, 6) is -0.147. The Morgan fingerprint density at radius 1 is 1.00 bits per heavy atom. The number of Topliss-reactive ketones (excluding diaryl/α,β-unsaturated/α-hetero) is 1. The maximum atomic E-state index is 12.0. The van der Waals surface area contributed by atoms with Gasteiger partial charge in [-0.1, -0.05) is 77.5 Å². The monoisotopic (exact) mass is 450 g/mol. The van der Waals surface area contributed by atoms with Crippen molar-refractivity contribution >= 4 is 44.6 Å². The zero-order chi connectivity index (χ0) is 20.6. The quantitative estimate of drug-likeness (QED) is 0.368. The first-order valence-electron chi connectivity index (χ1n) is 9.58. The summed E-state index contributed by atoms with van der Waals surface area (Å²) in [7, 11) is 0. The van der Waals surface area contributed by atoms with Crippen molar-refractivity contribution in [2.45, 2.75) is 32.1 Å². The number of hydrogen-bond acceptors (Lipinski definition) is 3. The van der Waals surface area contributed by atoms with Crippen LogP contribution < -0.4 is 5.43 Å². The van der Waals surface area contributed by atoms with E-state index in [1.54, 1.807) is 6.21 Å². The summed E-state index contributed by atoms with van der Waals surface area (Å²) >= 11 is 3.37. The van der Waals surface area contributed by atoms with Crippen molar-refractivity contribution in [3.63, 3.8) is 0 Å². The van der Waals surface area contributed by atoms with Gasteiger partial charge in [0, 0.05) is 35.9 Å². The first-order chi connectivity index (χ1) is 14.0. The minimum atomic E-state index is -0.254. The maximum absolute atomic E-state index is 12.0. The summed E-state index contributed by atoms with van der Waals surface area (Å²) in [4.78, 5) is 24.0. The zero-order valence-corrected chi connectivity index (χ0v) is 17.9. The summed E-state index contributed by atoms with van der Waals surface area (Å²) in [6.07, 6.45) is 2.39. The van der Waals surface area contributed by atoms with E-state index in [0.29, 0.717) is 6.42 Å². The van der Waals surface area contributed by atoms with Gasteiger partial charge in [0.2, 0.25) is 5.91 Å². The van der Waals surface area contributed by atoms with E-state index < -0.39 is 0 Å². The first-order valence-corrected chi connectivity index (χ1v) is 10.4. The summed E-state index contributed by atoms with van der Waals surface area (Å²) < 4.78 is 0.976. The van der Waals surface area contributed by atoms with Crippen LogP contribution in [0.4, 0.5) is 0 Å². The molecule has 0 bridgehead atoms. The van der Waals surface area contributed by atoms with Crippen molar-refractivity contribution in [3.05, 3.63) is 82.3 Å². The van der Waals surface area contributed by atoms with Crippen molar-refractivity contribution in [3.8, 4) is 0 Å². The molecule has 29 heavy (non-hydrogen) atoms. The molecule has 4 nitrogen and oxygen atoms in total. The van der Waals surface area contributed by atoms with Gasteiger partial charge in [-0.15, -0.1) is 0 Å². The van der Waals surface area contributed by atoms with Crippen molar-refractivity contribution < 1.29 is 9.59 Å². The minimum Gasteiger partial charge on any atom is -0.299 e.